The van der Waals surface area contributed by atoms with Crippen LogP contribution in [0.4, 0.5) is 0 Å². The van der Waals surface area contributed by atoms with E-state index in [1.165, 1.54) is 0 Å². The number of guanidine groups is 1. The average molecular weight is 189 g/mol. The molecule has 1 unspecified atom stereocenters. The molecular formula is C8H19N3S. The molecule has 12 heavy (non-hydrogen) atoms. The maximum absolute atomic E-state index is 5.76. The zero-order chi connectivity index (χ0) is 9.72. The van der Waals surface area contributed by atoms with Gasteiger partial charge in [-0.25, -0.2) is 4.99 Å². The van der Waals surface area contributed by atoms with Gasteiger partial charge in [0.2, 0.25) is 0 Å². The summed E-state index contributed by atoms with van der Waals surface area (Å²) in [5.74, 6) is 0.617. The van der Waals surface area contributed by atoms with Crippen molar-refractivity contribution in [3.8, 4) is 0 Å². The van der Waals surface area contributed by atoms with Gasteiger partial charge in [-0.2, -0.15) is 0 Å². The Balaban J connectivity index is 4.16. The number of aliphatic imine (C=N–C) groups is 1. The summed E-state index contributed by atoms with van der Waals surface area (Å²) in [5, 5.41) is 0.242. The average Bonchev–Trinajstić information content (AvgIpc) is 2.02. The number of rotatable bonds is 3. The predicted octanol–water partition coefficient (Wildman–Crippen LogP) is 1.35. The topological polar surface area (TPSA) is 41.6 Å². The van der Waals surface area contributed by atoms with Crippen molar-refractivity contribution in [2.24, 2.45) is 10.7 Å². The first-order chi connectivity index (χ1) is 5.49. The molecule has 0 aromatic heterocycles. The van der Waals surface area contributed by atoms with E-state index in [1.54, 1.807) is 11.8 Å². The first-order valence-electron chi connectivity index (χ1n) is 4.08. The van der Waals surface area contributed by atoms with Crippen molar-refractivity contribution in [2.45, 2.75) is 32.2 Å². The fraction of sp³-hybridized carbons (Fsp3) is 0.875. The Kier molecular flexibility index (Phi) is 5.13. The molecule has 0 saturated carbocycles. The summed E-state index contributed by atoms with van der Waals surface area (Å²) in [6.07, 6.45) is 2.02. The number of nitrogens with zero attached hydrogens (tertiary/aromatic N) is 2. The summed E-state index contributed by atoms with van der Waals surface area (Å²) in [6, 6.07) is 0.405. The largest absolute Gasteiger partial charge is 0.370 e. The normalized spacial score (nSPS) is 15.0. The van der Waals surface area contributed by atoms with Crippen molar-refractivity contribution >= 4 is 17.7 Å². The van der Waals surface area contributed by atoms with E-state index in [9.17, 15) is 0 Å². The summed E-state index contributed by atoms with van der Waals surface area (Å²) in [7, 11) is 1.95. The van der Waals surface area contributed by atoms with Crippen LogP contribution in [0.15, 0.2) is 4.99 Å². The third kappa shape index (κ3) is 3.85. The molecule has 0 aliphatic carbocycles. The molecule has 0 spiro atoms. The minimum absolute atomic E-state index is 0.242. The van der Waals surface area contributed by atoms with E-state index in [4.69, 9.17) is 5.73 Å². The second-order valence-corrected chi connectivity index (χ2v) is 4.18. The molecule has 4 heteroatoms. The van der Waals surface area contributed by atoms with Gasteiger partial charge in [-0.15, -0.1) is 11.8 Å². The van der Waals surface area contributed by atoms with E-state index >= 15 is 0 Å². The van der Waals surface area contributed by atoms with Crippen molar-refractivity contribution in [3.05, 3.63) is 0 Å². The fourth-order valence-electron chi connectivity index (χ4n) is 0.595. The van der Waals surface area contributed by atoms with E-state index in [0.29, 0.717) is 12.0 Å². The quantitative estimate of drug-likeness (QED) is 0.538. The zero-order valence-electron chi connectivity index (χ0n) is 8.53. The fourth-order valence-corrected chi connectivity index (χ4v) is 0.808. The molecule has 72 valence electrons. The predicted molar refractivity (Wildman–Crippen MR) is 57.5 cm³/mol. The van der Waals surface area contributed by atoms with E-state index in [0.717, 1.165) is 0 Å². The molecule has 0 aliphatic heterocycles. The van der Waals surface area contributed by atoms with Gasteiger partial charge >= 0.3 is 0 Å². The molecule has 0 amide bonds. The van der Waals surface area contributed by atoms with Crippen molar-refractivity contribution in [3.63, 3.8) is 0 Å². The lowest BCUT2D eigenvalue weighted by Crippen LogP contribution is -2.39. The molecular weight excluding hydrogens is 170 g/mol. The molecule has 0 heterocycles. The minimum atomic E-state index is 0.242. The van der Waals surface area contributed by atoms with Gasteiger partial charge in [0.15, 0.2) is 5.96 Å². The van der Waals surface area contributed by atoms with Crippen molar-refractivity contribution in [2.75, 3.05) is 13.3 Å². The van der Waals surface area contributed by atoms with E-state index in [-0.39, 0.29) is 5.37 Å². The molecule has 0 saturated heterocycles. The number of hydrogen-bond acceptors (Lipinski definition) is 2. The van der Waals surface area contributed by atoms with Crippen molar-refractivity contribution < 1.29 is 0 Å². The van der Waals surface area contributed by atoms with Crippen LogP contribution in [0.25, 0.3) is 0 Å². The van der Waals surface area contributed by atoms with Gasteiger partial charge < -0.3 is 10.6 Å². The summed E-state index contributed by atoms with van der Waals surface area (Å²) in [5.41, 5.74) is 5.76. The highest BCUT2D eigenvalue weighted by molar-refractivity contribution is 7.99. The number of hydrogen-bond donors (Lipinski definition) is 1. The van der Waals surface area contributed by atoms with Crippen LogP contribution in [0.5, 0.6) is 0 Å². The summed E-state index contributed by atoms with van der Waals surface area (Å²) < 4.78 is 0. The molecule has 0 aliphatic rings. The number of thioether (sulfide) groups is 1. The molecule has 0 aromatic carbocycles. The van der Waals surface area contributed by atoms with Crippen LogP contribution in [0, 0.1) is 0 Å². The first kappa shape index (κ1) is 11.6. The van der Waals surface area contributed by atoms with Crippen LogP contribution >= 0.6 is 11.8 Å². The van der Waals surface area contributed by atoms with Gasteiger partial charge in [0.1, 0.15) is 0 Å². The molecule has 2 N–H and O–H groups in total. The molecule has 0 fully saturated rings. The van der Waals surface area contributed by atoms with Crippen LogP contribution in [-0.2, 0) is 0 Å². The van der Waals surface area contributed by atoms with E-state index in [2.05, 4.69) is 18.8 Å². The Labute approximate surface area is 79.4 Å². The molecule has 0 aromatic rings. The molecule has 0 radical (unpaired) electrons. The maximum Gasteiger partial charge on any atom is 0.192 e. The third-order valence-corrected chi connectivity index (χ3v) is 2.58. The van der Waals surface area contributed by atoms with Crippen LogP contribution in [0.3, 0.4) is 0 Å². The minimum Gasteiger partial charge on any atom is -0.370 e. The Bertz CT molecular complexity index is 156. The zero-order valence-corrected chi connectivity index (χ0v) is 9.35. The molecule has 3 nitrogen and oxygen atoms in total. The van der Waals surface area contributed by atoms with Gasteiger partial charge in [0, 0.05) is 13.1 Å². The first-order valence-corrected chi connectivity index (χ1v) is 5.36. The third-order valence-electron chi connectivity index (χ3n) is 1.79. The maximum atomic E-state index is 5.76. The molecule has 0 bridgehead atoms. The van der Waals surface area contributed by atoms with Gasteiger partial charge in [0.25, 0.3) is 0 Å². The van der Waals surface area contributed by atoms with E-state index < -0.39 is 0 Å². The van der Waals surface area contributed by atoms with Crippen LogP contribution in [0.2, 0.25) is 0 Å². The monoisotopic (exact) mass is 189 g/mol. The van der Waals surface area contributed by atoms with Crippen LogP contribution in [-0.4, -0.2) is 35.6 Å². The summed E-state index contributed by atoms with van der Waals surface area (Å²) in [6.45, 7) is 6.21. The molecule has 1 atom stereocenters. The van der Waals surface area contributed by atoms with E-state index in [1.807, 2.05) is 25.1 Å². The van der Waals surface area contributed by atoms with Crippen LogP contribution < -0.4 is 5.73 Å². The highest BCUT2D eigenvalue weighted by Gasteiger charge is 2.06. The standard InChI is InChI=1S/C8H19N3S/c1-6(2)11(4)8(9)10-7(3)12-5/h6-7H,1-5H3,(H2,9,10). The Hall–Kier alpha value is -0.380. The van der Waals surface area contributed by atoms with Gasteiger partial charge in [-0.1, -0.05) is 0 Å². The lowest BCUT2D eigenvalue weighted by atomic mass is 10.4. The lowest BCUT2D eigenvalue weighted by Gasteiger charge is -2.22. The Morgan fingerprint density at radius 2 is 1.92 bits per heavy atom. The van der Waals surface area contributed by atoms with Gasteiger partial charge in [0.05, 0.1) is 5.37 Å². The smallest absolute Gasteiger partial charge is 0.192 e. The Morgan fingerprint density at radius 3 is 2.25 bits per heavy atom. The van der Waals surface area contributed by atoms with Crippen molar-refractivity contribution in [1.29, 1.82) is 0 Å². The lowest BCUT2D eigenvalue weighted by molar-refractivity contribution is 0.411. The highest BCUT2D eigenvalue weighted by atomic mass is 32.2. The second-order valence-electron chi connectivity index (χ2n) is 3.03. The van der Waals surface area contributed by atoms with Crippen molar-refractivity contribution in [1.82, 2.24) is 4.90 Å². The number of nitrogens with two attached hydrogens (primary N) is 1. The second kappa shape index (κ2) is 5.30. The summed E-state index contributed by atoms with van der Waals surface area (Å²) >= 11 is 1.69. The SMILES string of the molecule is CSC(C)N=C(N)N(C)C(C)C. The Morgan fingerprint density at radius 1 is 1.42 bits per heavy atom. The van der Waals surface area contributed by atoms with Crippen LogP contribution in [0.1, 0.15) is 20.8 Å². The van der Waals surface area contributed by atoms with Gasteiger partial charge in [-0.3, -0.25) is 0 Å². The molecule has 0 rings (SSSR count). The van der Waals surface area contributed by atoms with Gasteiger partial charge in [-0.05, 0) is 27.0 Å². The summed E-state index contributed by atoms with van der Waals surface area (Å²) in [4.78, 5) is 6.26. The highest BCUT2D eigenvalue weighted by Crippen LogP contribution is 2.06.